The quantitative estimate of drug-likeness (QED) is 0.440. The van der Waals surface area contributed by atoms with E-state index >= 15 is 0 Å². The van der Waals surface area contributed by atoms with E-state index in [1.54, 1.807) is 42.5 Å². The lowest BCUT2D eigenvalue weighted by Crippen LogP contribution is -2.30. The molecular formula is C23H29BrN2O3. The third-order valence-electron chi connectivity index (χ3n) is 4.25. The van der Waals surface area contributed by atoms with E-state index in [-0.39, 0.29) is 17.9 Å². The molecule has 0 aromatic heterocycles. The first-order valence-corrected chi connectivity index (χ1v) is 10.8. The molecule has 2 rings (SSSR count). The van der Waals surface area contributed by atoms with Crippen molar-refractivity contribution >= 4 is 33.4 Å². The molecule has 0 unspecified atom stereocenters. The lowest BCUT2D eigenvalue weighted by Gasteiger charge is -2.11. The van der Waals surface area contributed by atoms with E-state index in [9.17, 15) is 9.59 Å². The van der Waals surface area contributed by atoms with E-state index in [0.717, 1.165) is 23.1 Å². The second-order valence-corrected chi connectivity index (χ2v) is 8.07. The number of hydrogen-bond acceptors (Lipinski definition) is 3. The average Bonchev–Trinajstić information content (AvgIpc) is 2.68. The van der Waals surface area contributed by atoms with Crippen LogP contribution in [0.5, 0.6) is 5.75 Å². The van der Waals surface area contributed by atoms with Crippen LogP contribution in [0, 0.1) is 0 Å². The Kier molecular flexibility index (Phi) is 9.19. The number of nitrogens with one attached hydrogen (secondary N) is 2. The maximum atomic E-state index is 12.6. The van der Waals surface area contributed by atoms with Crippen molar-refractivity contribution in [2.45, 2.75) is 52.5 Å². The zero-order valence-corrected chi connectivity index (χ0v) is 18.8. The van der Waals surface area contributed by atoms with E-state index in [2.05, 4.69) is 33.5 Å². The summed E-state index contributed by atoms with van der Waals surface area (Å²) >= 11 is 3.48. The maximum absolute atomic E-state index is 12.6. The van der Waals surface area contributed by atoms with Gasteiger partial charge < -0.3 is 15.4 Å². The molecule has 0 saturated carbocycles. The predicted octanol–water partition coefficient (Wildman–Crippen LogP) is 5.80. The van der Waals surface area contributed by atoms with Crippen molar-refractivity contribution in [1.82, 2.24) is 5.32 Å². The van der Waals surface area contributed by atoms with Gasteiger partial charge in [0.15, 0.2) is 0 Å². The average molecular weight is 461 g/mol. The number of carbonyl (C=O) groups is 2. The van der Waals surface area contributed by atoms with Crippen LogP contribution in [0.15, 0.2) is 46.9 Å². The molecule has 2 N–H and O–H groups in total. The van der Waals surface area contributed by atoms with Crippen LogP contribution in [0.25, 0.3) is 0 Å². The summed E-state index contributed by atoms with van der Waals surface area (Å²) in [6.45, 7) is 6.65. The fourth-order valence-corrected chi connectivity index (χ4v) is 3.25. The summed E-state index contributed by atoms with van der Waals surface area (Å²) in [7, 11) is 0. The third-order valence-corrected chi connectivity index (χ3v) is 4.87. The van der Waals surface area contributed by atoms with Gasteiger partial charge in [0.05, 0.1) is 11.1 Å². The van der Waals surface area contributed by atoms with E-state index < -0.39 is 0 Å². The molecule has 0 fully saturated rings. The number of hydrogen-bond donors (Lipinski definition) is 2. The van der Waals surface area contributed by atoms with E-state index in [1.807, 2.05) is 13.8 Å². The minimum Gasteiger partial charge on any atom is -0.492 e. The molecule has 0 aliphatic carbocycles. The van der Waals surface area contributed by atoms with Crippen LogP contribution in [0.2, 0.25) is 0 Å². The van der Waals surface area contributed by atoms with Gasteiger partial charge in [0.25, 0.3) is 11.8 Å². The van der Waals surface area contributed by atoms with Crippen LogP contribution < -0.4 is 15.4 Å². The second kappa shape index (κ2) is 11.6. The number of halogens is 1. The van der Waals surface area contributed by atoms with E-state index in [1.165, 1.54) is 12.8 Å². The SMILES string of the molecule is CCCCCCOc1ccc(C(=O)Nc2cccc(C(=O)NC(C)C)c2)cc1Br. The predicted molar refractivity (Wildman–Crippen MR) is 121 cm³/mol. The number of amides is 2. The van der Waals surface area contributed by atoms with Crippen molar-refractivity contribution < 1.29 is 14.3 Å². The molecule has 2 aromatic rings. The number of rotatable bonds is 10. The minimum absolute atomic E-state index is 0.0467. The highest BCUT2D eigenvalue weighted by atomic mass is 79.9. The smallest absolute Gasteiger partial charge is 0.255 e. The molecule has 6 heteroatoms. The lowest BCUT2D eigenvalue weighted by molar-refractivity contribution is 0.0941. The molecule has 0 aliphatic rings. The number of ether oxygens (including phenoxy) is 1. The first kappa shape index (κ1) is 22.9. The van der Waals surface area contributed by atoms with Gasteiger partial charge in [-0.25, -0.2) is 0 Å². The summed E-state index contributed by atoms with van der Waals surface area (Å²) in [6.07, 6.45) is 4.58. The van der Waals surface area contributed by atoms with E-state index in [4.69, 9.17) is 4.74 Å². The van der Waals surface area contributed by atoms with Crippen molar-refractivity contribution in [3.05, 3.63) is 58.1 Å². The van der Waals surface area contributed by atoms with Gasteiger partial charge in [-0.15, -0.1) is 0 Å². The molecule has 0 bridgehead atoms. The van der Waals surface area contributed by atoms with Crippen LogP contribution in [-0.4, -0.2) is 24.5 Å². The third kappa shape index (κ3) is 7.54. The first-order chi connectivity index (χ1) is 13.9. The molecule has 5 nitrogen and oxygen atoms in total. The van der Waals surface area contributed by atoms with Crippen LogP contribution >= 0.6 is 15.9 Å². The fourth-order valence-electron chi connectivity index (χ4n) is 2.76. The van der Waals surface area contributed by atoms with Crippen molar-refractivity contribution in [3.63, 3.8) is 0 Å². The molecule has 0 spiro atoms. The molecule has 2 aromatic carbocycles. The summed E-state index contributed by atoms with van der Waals surface area (Å²) < 4.78 is 6.53. The summed E-state index contributed by atoms with van der Waals surface area (Å²) in [5, 5.41) is 5.68. The Balaban J connectivity index is 1.98. The standard InChI is InChI=1S/C23H29BrN2O3/c1-4-5-6-7-13-29-21-12-11-18(15-20(21)24)23(28)26-19-10-8-9-17(14-19)22(27)25-16(2)3/h8-12,14-16H,4-7,13H2,1-3H3,(H,25,27)(H,26,28). The Morgan fingerprint density at radius 1 is 1.00 bits per heavy atom. The number of anilines is 1. The van der Waals surface area contributed by atoms with Crippen molar-refractivity contribution in [3.8, 4) is 5.75 Å². The number of unbranched alkanes of at least 4 members (excludes halogenated alkanes) is 3. The highest BCUT2D eigenvalue weighted by Crippen LogP contribution is 2.27. The van der Waals surface area contributed by atoms with Gasteiger partial charge in [0.1, 0.15) is 5.75 Å². The Labute approximate surface area is 181 Å². The molecular weight excluding hydrogens is 432 g/mol. The van der Waals surface area contributed by atoms with Gasteiger partial charge >= 0.3 is 0 Å². The lowest BCUT2D eigenvalue weighted by atomic mass is 10.1. The molecule has 156 valence electrons. The number of carbonyl (C=O) groups excluding carboxylic acids is 2. The Morgan fingerprint density at radius 3 is 2.45 bits per heavy atom. The van der Waals surface area contributed by atoms with Crippen LogP contribution in [0.4, 0.5) is 5.69 Å². The summed E-state index contributed by atoms with van der Waals surface area (Å²) in [5.74, 6) is 0.311. The molecule has 0 atom stereocenters. The molecule has 29 heavy (non-hydrogen) atoms. The molecule has 0 heterocycles. The highest BCUT2D eigenvalue weighted by molar-refractivity contribution is 9.10. The molecule has 0 aliphatic heterocycles. The fraction of sp³-hybridized carbons (Fsp3) is 0.391. The van der Waals surface area contributed by atoms with Crippen LogP contribution in [-0.2, 0) is 0 Å². The van der Waals surface area contributed by atoms with Crippen LogP contribution in [0.3, 0.4) is 0 Å². The minimum atomic E-state index is -0.249. The largest absolute Gasteiger partial charge is 0.492 e. The summed E-state index contributed by atoms with van der Waals surface area (Å²) in [6, 6.07) is 12.2. The number of benzene rings is 2. The van der Waals surface area contributed by atoms with Crippen molar-refractivity contribution in [2.75, 3.05) is 11.9 Å². The highest BCUT2D eigenvalue weighted by Gasteiger charge is 2.12. The van der Waals surface area contributed by atoms with Gasteiger partial charge in [0, 0.05) is 22.9 Å². The first-order valence-electron chi connectivity index (χ1n) is 10.0. The Hall–Kier alpha value is -2.34. The monoisotopic (exact) mass is 460 g/mol. The van der Waals surface area contributed by atoms with Gasteiger partial charge in [-0.05, 0) is 72.6 Å². The van der Waals surface area contributed by atoms with Gasteiger partial charge in [0.2, 0.25) is 0 Å². The summed E-state index contributed by atoms with van der Waals surface area (Å²) in [5.41, 5.74) is 1.58. The van der Waals surface area contributed by atoms with Gasteiger partial charge in [-0.2, -0.15) is 0 Å². The van der Waals surface area contributed by atoms with E-state index in [0.29, 0.717) is 23.4 Å². The van der Waals surface area contributed by atoms with Crippen molar-refractivity contribution in [1.29, 1.82) is 0 Å². The van der Waals surface area contributed by atoms with Gasteiger partial charge in [-0.3, -0.25) is 9.59 Å². The second-order valence-electron chi connectivity index (χ2n) is 7.22. The zero-order valence-electron chi connectivity index (χ0n) is 17.3. The molecule has 0 radical (unpaired) electrons. The Bertz CT molecular complexity index is 837. The molecule has 2 amide bonds. The normalized spacial score (nSPS) is 10.7. The molecule has 0 saturated heterocycles. The topological polar surface area (TPSA) is 67.4 Å². The maximum Gasteiger partial charge on any atom is 0.255 e. The van der Waals surface area contributed by atoms with Crippen molar-refractivity contribution in [2.24, 2.45) is 0 Å². The van der Waals surface area contributed by atoms with Gasteiger partial charge in [-0.1, -0.05) is 32.3 Å². The van der Waals surface area contributed by atoms with Crippen LogP contribution in [0.1, 0.15) is 67.2 Å². The zero-order chi connectivity index (χ0) is 21.2. The summed E-state index contributed by atoms with van der Waals surface area (Å²) in [4.78, 5) is 24.7. The Morgan fingerprint density at radius 2 is 1.76 bits per heavy atom.